The van der Waals surface area contributed by atoms with Gasteiger partial charge in [-0.3, -0.25) is 4.79 Å². The predicted molar refractivity (Wildman–Crippen MR) is 134 cm³/mol. The summed E-state index contributed by atoms with van der Waals surface area (Å²) < 4.78 is 18.6. The molecule has 0 saturated heterocycles. The van der Waals surface area contributed by atoms with Gasteiger partial charge < -0.3 is 9.88 Å². The molecule has 0 radical (unpaired) electrons. The van der Waals surface area contributed by atoms with Crippen molar-refractivity contribution in [1.29, 1.82) is 0 Å². The van der Waals surface area contributed by atoms with Gasteiger partial charge in [0.15, 0.2) is 5.82 Å². The molecule has 2 aromatic heterocycles. The van der Waals surface area contributed by atoms with Gasteiger partial charge >= 0.3 is 0 Å². The fourth-order valence-electron chi connectivity index (χ4n) is 4.52. The Morgan fingerprint density at radius 2 is 1.89 bits per heavy atom. The van der Waals surface area contributed by atoms with Gasteiger partial charge in [-0.15, -0.1) is 10.2 Å². The van der Waals surface area contributed by atoms with Crippen LogP contribution in [0.25, 0.3) is 17.1 Å². The Hall–Kier alpha value is -3.52. The second-order valence-corrected chi connectivity index (χ2v) is 9.47. The highest BCUT2D eigenvalue weighted by Crippen LogP contribution is 2.29. The third-order valence-corrected chi connectivity index (χ3v) is 6.50. The van der Waals surface area contributed by atoms with Crippen LogP contribution >= 0.6 is 11.6 Å². The lowest BCUT2D eigenvalue weighted by Gasteiger charge is -2.14. The molecule has 0 fully saturated rings. The van der Waals surface area contributed by atoms with Crippen LogP contribution in [0.2, 0.25) is 5.02 Å². The number of carbonyl (C=O) groups excluding carboxylic acids is 1. The van der Waals surface area contributed by atoms with Crippen molar-refractivity contribution in [2.24, 2.45) is 0 Å². The van der Waals surface area contributed by atoms with Gasteiger partial charge in [0.05, 0.1) is 28.8 Å². The van der Waals surface area contributed by atoms with E-state index >= 15 is 0 Å². The maximum absolute atomic E-state index is 14.8. The summed E-state index contributed by atoms with van der Waals surface area (Å²) >= 11 is 6.02. The Kier molecular flexibility index (Phi) is 6.38. The van der Waals surface area contributed by atoms with E-state index in [0.29, 0.717) is 22.0 Å². The largest absolute Gasteiger partial charge is 0.319 e. The molecule has 0 spiro atoms. The molecular formula is C26H26ClFN6O. The zero-order valence-electron chi connectivity index (χ0n) is 19.6. The Morgan fingerprint density at radius 1 is 1.09 bits per heavy atom. The number of carbonyl (C=O) groups is 1. The predicted octanol–water partition coefficient (Wildman–Crippen LogP) is 6.03. The Morgan fingerprint density at radius 3 is 2.66 bits per heavy atom. The molecule has 3 heterocycles. The van der Waals surface area contributed by atoms with Gasteiger partial charge in [0.1, 0.15) is 11.6 Å². The summed E-state index contributed by atoms with van der Waals surface area (Å²) in [6.45, 7) is 4.80. The Balaban J connectivity index is 1.46. The average molecular weight is 493 g/mol. The molecule has 1 aliphatic rings. The van der Waals surface area contributed by atoms with E-state index in [0.717, 1.165) is 49.4 Å². The van der Waals surface area contributed by atoms with Crippen molar-refractivity contribution in [3.63, 3.8) is 0 Å². The number of nitrogens with zero attached hydrogens (tertiary/aromatic N) is 5. The summed E-state index contributed by atoms with van der Waals surface area (Å²) in [4.78, 5) is 13.3. The number of hydrogen-bond acceptors (Lipinski definition) is 4. The van der Waals surface area contributed by atoms with E-state index < -0.39 is 11.7 Å². The average Bonchev–Trinajstić information content (AvgIpc) is 3.39. The summed E-state index contributed by atoms with van der Waals surface area (Å²) in [7, 11) is 0. The molecule has 1 amide bonds. The van der Waals surface area contributed by atoms with E-state index in [1.165, 1.54) is 12.3 Å². The number of fused-ring (bicyclic) bond motifs is 1. The first-order valence-electron chi connectivity index (χ1n) is 11.8. The molecule has 1 aliphatic heterocycles. The van der Waals surface area contributed by atoms with Crippen LogP contribution in [0.15, 0.2) is 48.7 Å². The van der Waals surface area contributed by atoms with Crippen LogP contribution in [0.3, 0.4) is 0 Å². The number of anilines is 1. The molecule has 35 heavy (non-hydrogen) atoms. The van der Waals surface area contributed by atoms with Gasteiger partial charge in [-0.1, -0.05) is 31.9 Å². The second kappa shape index (κ2) is 9.62. The summed E-state index contributed by atoms with van der Waals surface area (Å²) in [6, 6.07) is 11.9. The number of benzene rings is 2. The Bertz CT molecular complexity index is 1380. The van der Waals surface area contributed by atoms with E-state index in [1.807, 2.05) is 26.0 Å². The van der Waals surface area contributed by atoms with Gasteiger partial charge in [0, 0.05) is 23.6 Å². The van der Waals surface area contributed by atoms with Gasteiger partial charge in [0.2, 0.25) is 0 Å². The highest BCUT2D eigenvalue weighted by atomic mass is 35.5. The smallest absolute Gasteiger partial charge is 0.259 e. The third kappa shape index (κ3) is 4.58. The zero-order chi connectivity index (χ0) is 24.5. The molecule has 0 unspecified atom stereocenters. The van der Waals surface area contributed by atoms with Gasteiger partial charge in [-0.2, -0.15) is 5.10 Å². The van der Waals surface area contributed by atoms with Crippen molar-refractivity contribution in [3.05, 3.63) is 76.6 Å². The van der Waals surface area contributed by atoms with Crippen LogP contribution in [0.4, 0.5) is 10.1 Å². The van der Waals surface area contributed by atoms with Crippen LogP contribution in [0.5, 0.6) is 0 Å². The van der Waals surface area contributed by atoms with Crippen molar-refractivity contribution in [2.75, 3.05) is 5.32 Å². The van der Waals surface area contributed by atoms with E-state index in [4.69, 9.17) is 11.6 Å². The minimum atomic E-state index is -0.520. The lowest BCUT2D eigenvalue weighted by Crippen LogP contribution is -2.16. The summed E-state index contributed by atoms with van der Waals surface area (Å²) in [5.74, 6) is 0.690. The maximum Gasteiger partial charge on any atom is 0.259 e. The van der Waals surface area contributed by atoms with Crippen molar-refractivity contribution >= 4 is 23.2 Å². The fraction of sp³-hybridized carbons (Fsp3) is 0.308. The molecule has 2 aromatic carbocycles. The molecule has 4 aromatic rings. The molecule has 1 N–H and O–H groups in total. The van der Waals surface area contributed by atoms with Crippen molar-refractivity contribution in [2.45, 2.75) is 52.0 Å². The highest BCUT2D eigenvalue weighted by Gasteiger charge is 2.23. The first-order chi connectivity index (χ1) is 16.9. The molecule has 0 aliphatic carbocycles. The minimum absolute atomic E-state index is 0.00319. The molecule has 0 bridgehead atoms. The highest BCUT2D eigenvalue weighted by molar-refractivity contribution is 6.30. The molecule has 180 valence electrons. The van der Waals surface area contributed by atoms with E-state index in [2.05, 4.69) is 25.2 Å². The van der Waals surface area contributed by atoms with Crippen molar-refractivity contribution < 1.29 is 9.18 Å². The molecular weight excluding hydrogens is 467 g/mol. The first kappa shape index (κ1) is 23.2. The number of nitrogens with one attached hydrogen (secondary N) is 1. The van der Waals surface area contributed by atoms with Crippen LogP contribution in [-0.2, 0) is 13.0 Å². The van der Waals surface area contributed by atoms with Gasteiger partial charge in [-0.25, -0.2) is 9.07 Å². The second-order valence-electron chi connectivity index (χ2n) is 9.04. The summed E-state index contributed by atoms with van der Waals surface area (Å²) in [5, 5.41) is 16.5. The number of hydrogen-bond donors (Lipinski definition) is 1. The third-order valence-electron chi connectivity index (χ3n) is 6.25. The molecule has 7 nitrogen and oxygen atoms in total. The molecule has 5 rings (SSSR count). The van der Waals surface area contributed by atoms with Crippen LogP contribution in [0, 0.1) is 5.82 Å². The summed E-state index contributed by atoms with van der Waals surface area (Å²) in [5.41, 5.74) is 2.70. The number of aromatic nitrogens is 5. The van der Waals surface area contributed by atoms with Crippen LogP contribution in [-0.4, -0.2) is 30.5 Å². The monoisotopic (exact) mass is 492 g/mol. The topological polar surface area (TPSA) is 77.6 Å². The van der Waals surface area contributed by atoms with Crippen LogP contribution in [0.1, 0.15) is 60.9 Å². The zero-order valence-corrected chi connectivity index (χ0v) is 20.4. The number of aryl methyl sites for hydroxylation is 1. The van der Waals surface area contributed by atoms with Crippen LogP contribution < -0.4 is 5.32 Å². The molecule has 0 saturated carbocycles. The lowest BCUT2D eigenvalue weighted by molar-refractivity contribution is 0.102. The molecule has 9 heteroatoms. The van der Waals surface area contributed by atoms with Crippen molar-refractivity contribution in [1.82, 2.24) is 24.5 Å². The van der Waals surface area contributed by atoms with Crippen molar-refractivity contribution in [3.8, 4) is 17.1 Å². The standard InChI is InChI=1S/C26H26ClFN6O/c1-16(2)24-20(15-29-34(24)19-10-8-18(27)9-11-19)26(35)30-22-14-17(7-12-21(22)28)25-32-31-23-6-4-3-5-13-33(23)25/h7-12,14-16H,3-6,13H2,1-2H3,(H,30,35). The minimum Gasteiger partial charge on any atom is -0.319 e. The number of amides is 1. The summed E-state index contributed by atoms with van der Waals surface area (Å²) in [6.07, 6.45) is 5.69. The molecule has 0 atom stereocenters. The van der Waals surface area contributed by atoms with E-state index in [9.17, 15) is 9.18 Å². The SMILES string of the molecule is CC(C)c1c(C(=O)Nc2cc(-c3nnc4n3CCCCC4)ccc2F)cnn1-c1ccc(Cl)cc1. The van der Waals surface area contributed by atoms with E-state index in [1.54, 1.807) is 28.9 Å². The number of halogens is 2. The maximum atomic E-state index is 14.8. The first-order valence-corrected chi connectivity index (χ1v) is 12.2. The Labute approximate surface area is 207 Å². The fourth-order valence-corrected chi connectivity index (χ4v) is 4.65. The van der Waals surface area contributed by atoms with E-state index in [-0.39, 0.29) is 11.6 Å². The normalized spacial score (nSPS) is 13.5. The lowest BCUT2D eigenvalue weighted by atomic mass is 10.0. The quantitative estimate of drug-likeness (QED) is 0.369. The van der Waals surface area contributed by atoms with Gasteiger partial charge in [-0.05, 0) is 61.2 Å². The number of rotatable bonds is 5. The van der Waals surface area contributed by atoms with Gasteiger partial charge in [0.25, 0.3) is 5.91 Å².